The number of ether oxygens (including phenoxy) is 1. The lowest BCUT2D eigenvalue weighted by molar-refractivity contribution is 0.414. The van der Waals surface area contributed by atoms with Crippen molar-refractivity contribution in [3.63, 3.8) is 0 Å². The SMILES string of the molecule is COc1ccc(CCNc2cc(Nc3ccc(C(C)C)cc3)nc(C)n2)cc1. The minimum atomic E-state index is 0.525. The van der Waals surface area contributed by atoms with Gasteiger partial charge in [-0.3, -0.25) is 0 Å². The van der Waals surface area contributed by atoms with E-state index < -0.39 is 0 Å². The molecule has 0 unspecified atom stereocenters. The monoisotopic (exact) mass is 376 g/mol. The molecular formula is C23H28N4O. The second-order valence-electron chi connectivity index (χ2n) is 7.11. The normalized spacial score (nSPS) is 10.8. The molecule has 0 fully saturated rings. The smallest absolute Gasteiger partial charge is 0.136 e. The summed E-state index contributed by atoms with van der Waals surface area (Å²) in [6.45, 7) is 7.09. The van der Waals surface area contributed by atoms with E-state index >= 15 is 0 Å². The fraction of sp³-hybridized carbons (Fsp3) is 0.304. The molecule has 0 atom stereocenters. The van der Waals surface area contributed by atoms with Crippen LogP contribution in [0.5, 0.6) is 5.75 Å². The molecule has 28 heavy (non-hydrogen) atoms. The largest absolute Gasteiger partial charge is 0.497 e. The Morgan fingerprint density at radius 3 is 2.25 bits per heavy atom. The van der Waals surface area contributed by atoms with E-state index in [-0.39, 0.29) is 0 Å². The average Bonchev–Trinajstić information content (AvgIpc) is 2.68. The van der Waals surface area contributed by atoms with Gasteiger partial charge in [0.15, 0.2) is 0 Å². The van der Waals surface area contributed by atoms with Gasteiger partial charge >= 0.3 is 0 Å². The van der Waals surface area contributed by atoms with Crippen LogP contribution >= 0.6 is 0 Å². The Morgan fingerprint density at radius 1 is 0.929 bits per heavy atom. The van der Waals surface area contributed by atoms with Crippen LogP contribution in [0, 0.1) is 6.92 Å². The van der Waals surface area contributed by atoms with Crippen LogP contribution < -0.4 is 15.4 Å². The average molecular weight is 377 g/mol. The Balaban J connectivity index is 1.60. The predicted molar refractivity (Wildman–Crippen MR) is 116 cm³/mol. The third-order valence-corrected chi connectivity index (χ3v) is 4.57. The zero-order valence-electron chi connectivity index (χ0n) is 17.0. The molecule has 3 aromatic rings. The van der Waals surface area contributed by atoms with Gasteiger partial charge in [0.2, 0.25) is 0 Å². The van der Waals surface area contributed by atoms with Crippen LogP contribution in [-0.4, -0.2) is 23.6 Å². The van der Waals surface area contributed by atoms with Gasteiger partial charge in [-0.05, 0) is 54.7 Å². The van der Waals surface area contributed by atoms with Crippen LogP contribution in [0.2, 0.25) is 0 Å². The van der Waals surface area contributed by atoms with Crippen LogP contribution in [0.3, 0.4) is 0 Å². The van der Waals surface area contributed by atoms with E-state index in [0.29, 0.717) is 5.92 Å². The first-order valence-electron chi connectivity index (χ1n) is 9.63. The molecule has 3 rings (SSSR count). The first-order valence-corrected chi connectivity index (χ1v) is 9.63. The molecule has 0 saturated carbocycles. The molecule has 0 aliphatic rings. The standard InChI is InChI=1S/C23H28N4O/c1-16(2)19-7-9-20(10-8-19)27-23-15-22(25-17(3)26-23)24-14-13-18-5-11-21(28-4)12-6-18/h5-12,15-16H,13-14H2,1-4H3,(H2,24,25,26,27). The van der Waals surface area contributed by atoms with E-state index in [1.165, 1.54) is 11.1 Å². The van der Waals surface area contributed by atoms with Crippen molar-refractivity contribution in [1.29, 1.82) is 0 Å². The van der Waals surface area contributed by atoms with Crippen molar-refractivity contribution in [3.05, 3.63) is 71.5 Å². The van der Waals surface area contributed by atoms with Gasteiger partial charge in [-0.15, -0.1) is 0 Å². The van der Waals surface area contributed by atoms with E-state index in [4.69, 9.17) is 4.74 Å². The molecule has 5 nitrogen and oxygen atoms in total. The molecule has 1 heterocycles. The lowest BCUT2D eigenvalue weighted by Gasteiger charge is -2.11. The fourth-order valence-electron chi connectivity index (χ4n) is 2.95. The summed E-state index contributed by atoms with van der Waals surface area (Å²) >= 11 is 0. The van der Waals surface area contributed by atoms with E-state index in [1.807, 2.05) is 25.1 Å². The lowest BCUT2D eigenvalue weighted by atomic mass is 10.0. The number of aryl methyl sites for hydroxylation is 1. The van der Waals surface area contributed by atoms with Gasteiger partial charge in [-0.1, -0.05) is 38.1 Å². The van der Waals surface area contributed by atoms with Crippen LogP contribution in [0.4, 0.5) is 17.3 Å². The minimum absolute atomic E-state index is 0.525. The molecule has 0 aliphatic heterocycles. The Labute approximate surface area is 167 Å². The van der Waals surface area contributed by atoms with Crippen molar-refractivity contribution in [2.24, 2.45) is 0 Å². The molecule has 0 bridgehead atoms. The molecule has 0 radical (unpaired) electrons. The molecule has 146 valence electrons. The highest BCUT2D eigenvalue weighted by Gasteiger charge is 2.04. The van der Waals surface area contributed by atoms with Gasteiger partial charge in [-0.2, -0.15) is 0 Å². The Morgan fingerprint density at radius 2 is 1.61 bits per heavy atom. The third kappa shape index (κ3) is 5.46. The quantitative estimate of drug-likeness (QED) is 0.557. The van der Waals surface area contributed by atoms with E-state index in [0.717, 1.165) is 41.9 Å². The molecule has 2 aromatic carbocycles. The zero-order valence-corrected chi connectivity index (χ0v) is 17.0. The second-order valence-corrected chi connectivity index (χ2v) is 7.11. The summed E-state index contributed by atoms with van der Waals surface area (Å²) in [5.74, 6) is 3.74. The number of benzene rings is 2. The molecule has 0 spiro atoms. The number of nitrogens with one attached hydrogen (secondary N) is 2. The Bertz CT molecular complexity index is 889. The number of methoxy groups -OCH3 is 1. The minimum Gasteiger partial charge on any atom is -0.497 e. The first kappa shape index (κ1) is 19.7. The number of hydrogen-bond acceptors (Lipinski definition) is 5. The van der Waals surface area contributed by atoms with Gasteiger partial charge in [0.1, 0.15) is 23.2 Å². The summed E-state index contributed by atoms with van der Waals surface area (Å²) in [6.07, 6.45) is 0.909. The van der Waals surface area contributed by atoms with Gasteiger partial charge in [-0.25, -0.2) is 9.97 Å². The van der Waals surface area contributed by atoms with Crippen molar-refractivity contribution >= 4 is 17.3 Å². The highest BCUT2D eigenvalue weighted by Crippen LogP contribution is 2.21. The molecular weight excluding hydrogens is 348 g/mol. The van der Waals surface area contributed by atoms with Crippen molar-refractivity contribution in [2.75, 3.05) is 24.3 Å². The summed E-state index contributed by atoms with van der Waals surface area (Å²) in [7, 11) is 1.68. The van der Waals surface area contributed by atoms with Crippen molar-refractivity contribution in [3.8, 4) is 5.75 Å². The Hall–Kier alpha value is -3.08. The maximum atomic E-state index is 5.20. The van der Waals surface area contributed by atoms with Crippen molar-refractivity contribution in [1.82, 2.24) is 9.97 Å². The summed E-state index contributed by atoms with van der Waals surface area (Å²) in [5.41, 5.74) is 3.60. The van der Waals surface area contributed by atoms with Gasteiger partial charge in [0, 0.05) is 18.3 Å². The molecule has 0 aliphatic carbocycles. The first-order chi connectivity index (χ1) is 13.5. The van der Waals surface area contributed by atoms with Gasteiger partial charge < -0.3 is 15.4 Å². The van der Waals surface area contributed by atoms with Gasteiger partial charge in [0.05, 0.1) is 7.11 Å². The molecule has 2 N–H and O–H groups in total. The summed E-state index contributed by atoms with van der Waals surface area (Å²) in [5, 5.41) is 6.76. The second kappa shape index (κ2) is 9.22. The summed E-state index contributed by atoms with van der Waals surface area (Å²) < 4.78 is 5.20. The number of anilines is 3. The molecule has 0 amide bonds. The van der Waals surface area contributed by atoms with E-state index in [1.54, 1.807) is 7.11 Å². The van der Waals surface area contributed by atoms with Crippen LogP contribution in [0.1, 0.15) is 36.7 Å². The van der Waals surface area contributed by atoms with Crippen molar-refractivity contribution < 1.29 is 4.74 Å². The topological polar surface area (TPSA) is 59.1 Å². The maximum Gasteiger partial charge on any atom is 0.136 e. The van der Waals surface area contributed by atoms with Crippen LogP contribution in [0.25, 0.3) is 0 Å². The maximum absolute atomic E-state index is 5.20. The van der Waals surface area contributed by atoms with Crippen LogP contribution in [0.15, 0.2) is 54.6 Å². The summed E-state index contributed by atoms with van der Waals surface area (Å²) in [4.78, 5) is 8.98. The Kier molecular flexibility index (Phi) is 6.48. The number of aromatic nitrogens is 2. The van der Waals surface area contributed by atoms with E-state index in [2.05, 4.69) is 70.8 Å². The fourth-order valence-corrected chi connectivity index (χ4v) is 2.95. The highest BCUT2D eigenvalue weighted by molar-refractivity contribution is 5.59. The zero-order chi connectivity index (χ0) is 19.9. The highest BCUT2D eigenvalue weighted by atomic mass is 16.5. The summed E-state index contributed by atoms with van der Waals surface area (Å²) in [6, 6.07) is 18.5. The third-order valence-electron chi connectivity index (χ3n) is 4.57. The number of hydrogen-bond donors (Lipinski definition) is 2. The molecule has 1 aromatic heterocycles. The number of rotatable bonds is 8. The lowest BCUT2D eigenvalue weighted by Crippen LogP contribution is -2.08. The van der Waals surface area contributed by atoms with E-state index in [9.17, 15) is 0 Å². The molecule has 5 heteroatoms. The van der Waals surface area contributed by atoms with Gasteiger partial charge in [0.25, 0.3) is 0 Å². The number of nitrogens with zero attached hydrogens (tertiary/aromatic N) is 2. The van der Waals surface area contributed by atoms with Crippen LogP contribution in [-0.2, 0) is 6.42 Å². The molecule has 0 saturated heterocycles. The van der Waals surface area contributed by atoms with Crippen molar-refractivity contribution in [2.45, 2.75) is 33.1 Å². The predicted octanol–water partition coefficient (Wildman–Crippen LogP) is 5.32.